The first-order valence-corrected chi connectivity index (χ1v) is 8.15. The average Bonchev–Trinajstić information content (AvgIpc) is 2.91. The number of hydrogen-bond acceptors (Lipinski definition) is 5. The van der Waals surface area contributed by atoms with Crippen LogP contribution < -0.4 is 5.43 Å². The highest BCUT2D eigenvalue weighted by atomic mass is 32.1. The summed E-state index contributed by atoms with van der Waals surface area (Å²) in [5.41, 5.74) is 4.74. The lowest BCUT2D eigenvalue weighted by Crippen LogP contribution is -2.47. The molecule has 1 N–H and O–H groups in total. The van der Waals surface area contributed by atoms with Gasteiger partial charge in [-0.3, -0.25) is 5.43 Å². The molecule has 0 aromatic carbocycles. The fourth-order valence-electron chi connectivity index (χ4n) is 2.95. The number of hydrogen-bond donors (Lipinski definition) is 1. The van der Waals surface area contributed by atoms with Gasteiger partial charge in [-0.2, -0.15) is 5.10 Å². The number of aryl methyl sites for hydroxylation is 2. The third-order valence-corrected chi connectivity index (χ3v) is 4.57. The molecule has 0 aromatic heterocycles. The summed E-state index contributed by atoms with van der Waals surface area (Å²) in [6.45, 7) is 6.96. The molecule has 0 bridgehead atoms. The predicted molar refractivity (Wildman–Crippen MR) is 88.3 cm³/mol. The Morgan fingerprint density at radius 1 is 1.23 bits per heavy atom. The van der Waals surface area contributed by atoms with Crippen molar-refractivity contribution in [2.24, 2.45) is 0 Å². The zero-order valence-electron chi connectivity index (χ0n) is 13.2. The molecule has 3 aliphatic heterocycles. The SMILES string of the molecule is CCC1CCCCN1C(=S)Nn1c(C)nnc2c(C)nnc1-2. The Hall–Kier alpha value is -1.83. The van der Waals surface area contributed by atoms with E-state index in [2.05, 4.69) is 37.6 Å². The normalized spacial score (nSPS) is 18.7. The van der Waals surface area contributed by atoms with Gasteiger partial charge in [-0.05, 0) is 51.7 Å². The third-order valence-electron chi connectivity index (χ3n) is 4.25. The van der Waals surface area contributed by atoms with E-state index in [1.165, 1.54) is 19.3 Å². The van der Waals surface area contributed by atoms with E-state index in [4.69, 9.17) is 12.2 Å². The van der Waals surface area contributed by atoms with E-state index < -0.39 is 0 Å². The second-order valence-electron chi connectivity index (χ2n) is 5.71. The van der Waals surface area contributed by atoms with E-state index in [0.717, 1.165) is 23.8 Å². The van der Waals surface area contributed by atoms with Gasteiger partial charge in [0.1, 0.15) is 5.82 Å². The molecule has 0 radical (unpaired) electrons. The molecule has 3 rings (SSSR count). The molecule has 0 spiro atoms. The number of rotatable bonds is 2. The van der Waals surface area contributed by atoms with Crippen molar-refractivity contribution in [3.63, 3.8) is 0 Å². The zero-order chi connectivity index (χ0) is 15.7. The highest BCUT2D eigenvalue weighted by Crippen LogP contribution is 2.21. The minimum atomic E-state index is 0.507. The van der Waals surface area contributed by atoms with Gasteiger partial charge in [-0.25, -0.2) is 4.68 Å². The molecule has 0 saturated carbocycles. The fourth-order valence-corrected chi connectivity index (χ4v) is 3.28. The van der Waals surface area contributed by atoms with Crippen LogP contribution >= 0.6 is 12.2 Å². The van der Waals surface area contributed by atoms with E-state index in [0.29, 0.717) is 23.4 Å². The number of nitrogens with one attached hydrogen (secondary N) is 1. The third kappa shape index (κ3) is 2.63. The topological polar surface area (TPSA) is 71.8 Å². The van der Waals surface area contributed by atoms with Crippen LogP contribution in [-0.2, 0) is 0 Å². The van der Waals surface area contributed by atoms with E-state index in [9.17, 15) is 0 Å². The summed E-state index contributed by atoms with van der Waals surface area (Å²) in [5, 5.41) is 17.3. The lowest BCUT2D eigenvalue weighted by atomic mass is 10.0. The molecule has 0 aromatic rings. The minimum Gasteiger partial charge on any atom is -0.345 e. The van der Waals surface area contributed by atoms with Gasteiger partial charge >= 0.3 is 0 Å². The Kier molecular flexibility index (Phi) is 4.19. The Morgan fingerprint density at radius 2 is 2.05 bits per heavy atom. The van der Waals surface area contributed by atoms with Gasteiger partial charge in [0.2, 0.25) is 5.82 Å². The summed E-state index contributed by atoms with van der Waals surface area (Å²) in [5.74, 6) is 1.37. The molecule has 1 saturated heterocycles. The quantitative estimate of drug-likeness (QED) is 0.847. The van der Waals surface area contributed by atoms with Crippen molar-refractivity contribution in [1.82, 2.24) is 30.0 Å². The number of aromatic nitrogens is 5. The van der Waals surface area contributed by atoms with Gasteiger partial charge in [-0.1, -0.05) is 6.92 Å². The smallest absolute Gasteiger partial charge is 0.205 e. The lowest BCUT2D eigenvalue weighted by Gasteiger charge is -2.37. The maximum atomic E-state index is 5.63. The Balaban J connectivity index is 1.86. The van der Waals surface area contributed by atoms with Crippen LogP contribution in [0, 0.1) is 13.8 Å². The molecular formula is C14H21N7S. The van der Waals surface area contributed by atoms with Crippen LogP contribution in [0.1, 0.15) is 44.1 Å². The Labute approximate surface area is 135 Å². The lowest BCUT2D eigenvalue weighted by molar-refractivity contribution is 0.237. The summed E-state index contributed by atoms with van der Waals surface area (Å²) < 4.78 is 1.78. The molecule has 8 heteroatoms. The molecule has 0 aliphatic carbocycles. The maximum Gasteiger partial charge on any atom is 0.205 e. The number of nitrogens with zero attached hydrogens (tertiary/aromatic N) is 6. The highest BCUT2D eigenvalue weighted by molar-refractivity contribution is 7.80. The number of thiocarbonyl (C=S) groups is 1. The van der Waals surface area contributed by atoms with Gasteiger partial charge < -0.3 is 4.90 Å². The second kappa shape index (κ2) is 6.12. The van der Waals surface area contributed by atoms with Crippen LogP contribution in [0.4, 0.5) is 0 Å². The zero-order valence-corrected chi connectivity index (χ0v) is 14.0. The molecule has 1 fully saturated rings. The summed E-state index contributed by atoms with van der Waals surface area (Å²) in [7, 11) is 0. The average molecular weight is 319 g/mol. The molecule has 3 heterocycles. The first kappa shape index (κ1) is 15.1. The van der Waals surface area contributed by atoms with Crippen molar-refractivity contribution in [3.05, 3.63) is 11.5 Å². The Morgan fingerprint density at radius 3 is 2.82 bits per heavy atom. The van der Waals surface area contributed by atoms with Gasteiger partial charge in [0, 0.05) is 12.6 Å². The number of likely N-dealkylation sites (tertiary alicyclic amines) is 1. The van der Waals surface area contributed by atoms with Crippen LogP contribution in [0.25, 0.3) is 11.5 Å². The fraction of sp³-hybridized carbons (Fsp3) is 0.643. The van der Waals surface area contributed by atoms with Crippen LogP contribution in [0.5, 0.6) is 0 Å². The van der Waals surface area contributed by atoms with Gasteiger partial charge in [0.05, 0.1) is 5.69 Å². The predicted octanol–water partition coefficient (Wildman–Crippen LogP) is 1.88. The summed E-state index contributed by atoms with van der Waals surface area (Å²) >= 11 is 5.63. The molecule has 118 valence electrons. The molecule has 0 amide bonds. The minimum absolute atomic E-state index is 0.507. The number of fused-ring (bicyclic) bond motifs is 1. The van der Waals surface area contributed by atoms with Crippen LogP contribution in [0.15, 0.2) is 0 Å². The maximum absolute atomic E-state index is 5.63. The standard InChI is InChI=1S/C14H21N7S/c1-4-11-7-5-6-8-20(11)14(22)19-21-10(3)16-17-12-9(2)15-18-13(12)21/h11H,4-8H2,1-3H3,(H,19,22). The van der Waals surface area contributed by atoms with E-state index in [1.54, 1.807) is 4.68 Å². The molecule has 1 atom stereocenters. The van der Waals surface area contributed by atoms with Crippen molar-refractivity contribution in [2.45, 2.75) is 52.5 Å². The summed E-state index contributed by atoms with van der Waals surface area (Å²) in [6.07, 6.45) is 4.76. The van der Waals surface area contributed by atoms with E-state index in [1.807, 2.05) is 13.8 Å². The van der Waals surface area contributed by atoms with E-state index >= 15 is 0 Å². The first-order chi connectivity index (χ1) is 10.6. The van der Waals surface area contributed by atoms with E-state index in [-0.39, 0.29) is 0 Å². The molecule has 1 unspecified atom stereocenters. The Bertz CT molecular complexity index is 653. The van der Waals surface area contributed by atoms with Crippen molar-refractivity contribution < 1.29 is 0 Å². The van der Waals surface area contributed by atoms with Gasteiger partial charge in [0.15, 0.2) is 10.8 Å². The van der Waals surface area contributed by atoms with Crippen molar-refractivity contribution in [3.8, 4) is 11.5 Å². The van der Waals surface area contributed by atoms with Crippen molar-refractivity contribution in [1.29, 1.82) is 0 Å². The van der Waals surface area contributed by atoms with Crippen molar-refractivity contribution >= 4 is 17.3 Å². The largest absolute Gasteiger partial charge is 0.345 e. The number of piperidine rings is 1. The first-order valence-electron chi connectivity index (χ1n) is 7.74. The summed E-state index contributed by atoms with van der Waals surface area (Å²) in [4.78, 5) is 2.28. The molecule has 22 heavy (non-hydrogen) atoms. The van der Waals surface area contributed by atoms with Crippen molar-refractivity contribution in [2.75, 3.05) is 12.0 Å². The van der Waals surface area contributed by atoms with Crippen LogP contribution in [0.3, 0.4) is 0 Å². The summed E-state index contributed by atoms with van der Waals surface area (Å²) in [6, 6.07) is 0.507. The molecule has 3 aliphatic rings. The van der Waals surface area contributed by atoms with Gasteiger partial charge in [0.25, 0.3) is 0 Å². The monoisotopic (exact) mass is 319 g/mol. The van der Waals surface area contributed by atoms with Gasteiger partial charge in [-0.15, -0.1) is 15.3 Å². The van der Waals surface area contributed by atoms with Crippen LogP contribution in [0.2, 0.25) is 0 Å². The second-order valence-corrected chi connectivity index (χ2v) is 6.10. The highest BCUT2D eigenvalue weighted by Gasteiger charge is 2.25. The molecule has 7 nitrogen and oxygen atoms in total. The molecular weight excluding hydrogens is 298 g/mol. The van der Waals surface area contributed by atoms with Crippen LogP contribution in [-0.4, -0.2) is 47.7 Å².